The number of aryl methyl sites for hydroxylation is 1. The molecule has 146 valence electrons. The molecule has 0 spiro atoms. The van der Waals surface area contributed by atoms with Gasteiger partial charge in [0.25, 0.3) is 11.8 Å². The third-order valence-corrected chi connectivity index (χ3v) is 4.98. The second-order valence-corrected chi connectivity index (χ2v) is 7.66. The maximum absolute atomic E-state index is 13.0. The van der Waals surface area contributed by atoms with Gasteiger partial charge in [0.05, 0.1) is 35.8 Å². The predicted octanol–water partition coefficient (Wildman–Crippen LogP) is 1.71. The maximum atomic E-state index is 13.0. The number of rotatable bonds is 5. The Balaban J connectivity index is 1.85. The predicted molar refractivity (Wildman–Crippen MR) is 103 cm³/mol. The van der Waals surface area contributed by atoms with E-state index in [0.717, 1.165) is 4.47 Å². The Morgan fingerprint density at radius 1 is 1.26 bits per heavy atom. The summed E-state index contributed by atoms with van der Waals surface area (Å²) in [5, 5.41) is 11.3. The molecule has 0 unspecified atom stereocenters. The average molecular weight is 439 g/mol. The number of aromatic nitrogens is 4. The van der Waals surface area contributed by atoms with Crippen LogP contribution in [0, 0.1) is 0 Å². The first kappa shape index (κ1) is 19.6. The summed E-state index contributed by atoms with van der Waals surface area (Å²) in [6.07, 6.45) is 4.87. The molecule has 1 saturated heterocycles. The first-order valence-corrected chi connectivity index (χ1v) is 9.58. The molecule has 2 aromatic heterocycles. The summed E-state index contributed by atoms with van der Waals surface area (Å²) < 4.78 is 9.27. The fraction of sp³-hybridized carbons (Fsp3) is 0.529. The summed E-state index contributed by atoms with van der Waals surface area (Å²) in [5.74, 6) is -0.447. The monoisotopic (exact) mass is 438 g/mol. The van der Waals surface area contributed by atoms with Crippen molar-refractivity contribution < 1.29 is 14.3 Å². The van der Waals surface area contributed by atoms with Crippen molar-refractivity contribution in [3.63, 3.8) is 0 Å². The van der Waals surface area contributed by atoms with Crippen LogP contribution in [-0.4, -0.2) is 62.6 Å². The Morgan fingerprint density at radius 3 is 2.56 bits per heavy atom. The summed E-state index contributed by atoms with van der Waals surface area (Å²) in [4.78, 5) is 27.6. The van der Waals surface area contributed by atoms with Crippen LogP contribution in [0.4, 0.5) is 5.69 Å². The topological polar surface area (TPSA) is 94.3 Å². The molecule has 1 aliphatic heterocycles. The number of hydrogen-bond acceptors (Lipinski definition) is 5. The molecule has 0 aliphatic carbocycles. The minimum Gasteiger partial charge on any atom is -0.378 e. The summed E-state index contributed by atoms with van der Waals surface area (Å²) in [5.41, 5.74) is -0.164. The SMILES string of the molecule is CCn1ncc(NC(=O)C(C)(C)n2cc(Br)cn2)c1C(=O)N1CCOCC1. The van der Waals surface area contributed by atoms with Crippen LogP contribution in [0.25, 0.3) is 0 Å². The van der Waals surface area contributed by atoms with Crippen molar-refractivity contribution in [2.45, 2.75) is 32.9 Å². The van der Waals surface area contributed by atoms with Crippen LogP contribution in [0.1, 0.15) is 31.3 Å². The molecule has 2 aromatic rings. The maximum Gasteiger partial charge on any atom is 0.274 e. The van der Waals surface area contributed by atoms with E-state index in [9.17, 15) is 9.59 Å². The van der Waals surface area contributed by atoms with E-state index in [-0.39, 0.29) is 11.8 Å². The van der Waals surface area contributed by atoms with Crippen LogP contribution in [0.2, 0.25) is 0 Å². The van der Waals surface area contributed by atoms with Crippen LogP contribution < -0.4 is 5.32 Å². The Hall–Kier alpha value is -2.20. The van der Waals surface area contributed by atoms with E-state index >= 15 is 0 Å². The fourth-order valence-corrected chi connectivity index (χ4v) is 3.13. The normalized spacial score (nSPS) is 15.0. The van der Waals surface area contributed by atoms with Crippen molar-refractivity contribution in [2.24, 2.45) is 0 Å². The van der Waals surface area contributed by atoms with Gasteiger partial charge in [0.2, 0.25) is 0 Å². The van der Waals surface area contributed by atoms with Crippen LogP contribution in [0.5, 0.6) is 0 Å². The lowest BCUT2D eigenvalue weighted by molar-refractivity contribution is -0.123. The van der Waals surface area contributed by atoms with Crippen molar-refractivity contribution in [3.8, 4) is 0 Å². The second kappa shape index (κ2) is 7.81. The van der Waals surface area contributed by atoms with E-state index in [2.05, 4.69) is 31.4 Å². The molecule has 2 amide bonds. The van der Waals surface area contributed by atoms with E-state index in [1.165, 1.54) is 6.20 Å². The molecular weight excluding hydrogens is 416 g/mol. The number of ether oxygens (including phenoxy) is 1. The molecular formula is C17H23BrN6O3. The molecule has 0 atom stereocenters. The van der Waals surface area contributed by atoms with Crippen LogP contribution in [0.3, 0.4) is 0 Å². The number of anilines is 1. The molecule has 0 bridgehead atoms. The number of nitrogens with zero attached hydrogens (tertiary/aromatic N) is 5. The van der Waals surface area contributed by atoms with Crippen LogP contribution >= 0.6 is 15.9 Å². The largest absolute Gasteiger partial charge is 0.378 e. The zero-order valence-electron chi connectivity index (χ0n) is 15.6. The molecule has 0 radical (unpaired) electrons. The van der Waals surface area contributed by atoms with E-state index in [4.69, 9.17) is 4.74 Å². The number of carbonyl (C=O) groups is 2. The van der Waals surface area contributed by atoms with Crippen molar-refractivity contribution in [1.29, 1.82) is 0 Å². The van der Waals surface area contributed by atoms with Crippen molar-refractivity contribution >= 4 is 33.4 Å². The summed E-state index contributed by atoms with van der Waals surface area (Å²) in [6, 6.07) is 0. The lowest BCUT2D eigenvalue weighted by atomic mass is 10.0. The van der Waals surface area contributed by atoms with Gasteiger partial charge in [-0.3, -0.25) is 19.0 Å². The molecule has 1 fully saturated rings. The molecule has 0 aromatic carbocycles. The smallest absolute Gasteiger partial charge is 0.274 e. The van der Waals surface area contributed by atoms with Gasteiger partial charge in [-0.2, -0.15) is 10.2 Å². The summed E-state index contributed by atoms with van der Waals surface area (Å²) >= 11 is 3.34. The Labute approximate surface area is 165 Å². The molecule has 10 heteroatoms. The van der Waals surface area contributed by atoms with Gasteiger partial charge in [0.1, 0.15) is 11.2 Å². The van der Waals surface area contributed by atoms with Crippen LogP contribution in [-0.2, 0) is 21.6 Å². The van der Waals surface area contributed by atoms with Gasteiger partial charge >= 0.3 is 0 Å². The van der Waals surface area contributed by atoms with Crippen molar-refractivity contribution in [1.82, 2.24) is 24.5 Å². The second-order valence-electron chi connectivity index (χ2n) is 6.74. The lowest BCUT2D eigenvalue weighted by Crippen LogP contribution is -2.43. The Morgan fingerprint density at radius 2 is 1.96 bits per heavy atom. The van der Waals surface area contributed by atoms with E-state index in [1.807, 2.05) is 6.92 Å². The van der Waals surface area contributed by atoms with Crippen molar-refractivity contribution in [2.75, 3.05) is 31.6 Å². The molecule has 3 heterocycles. The number of halogens is 1. The van der Waals surface area contributed by atoms with Gasteiger partial charge in [-0.1, -0.05) is 0 Å². The zero-order valence-corrected chi connectivity index (χ0v) is 17.2. The highest BCUT2D eigenvalue weighted by molar-refractivity contribution is 9.10. The molecule has 1 aliphatic rings. The number of nitrogens with one attached hydrogen (secondary N) is 1. The van der Waals surface area contributed by atoms with Crippen molar-refractivity contribution in [3.05, 3.63) is 28.8 Å². The lowest BCUT2D eigenvalue weighted by Gasteiger charge is -2.28. The average Bonchev–Trinajstić information content (AvgIpc) is 3.28. The minimum absolute atomic E-state index is 0.160. The fourth-order valence-electron chi connectivity index (χ4n) is 2.84. The zero-order chi connectivity index (χ0) is 19.6. The van der Waals surface area contributed by atoms with Gasteiger partial charge in [-0.15, -0.1) is 0 Å². The standard InChI is InChI=1S/C17H23BrN6O3/c1-4-23-14(15(25)22-5-7-27-8-6-22)13(10-19-23)21-16(26)17(2,3)24-11-12(18)9-20-24/h9-11H,4-8H2,1-3H3,(H,21,26). The highest BCUT2D eigenvalue weighted by Crippen LogP contribution is 2.23. The Kier molecular flexibility index (Phi) is 5.66. The number of hydrogen-bond donors (Lipinski definition) is 1. The molecule has 9 nitrogen and oxygen atoms in total. The quantitative estimate of drug-likeness (QED) is 0.766. The number of carbonyl (C=O) groups excluding carboxylic acids is 2. The molecule has 27 heavy (non-hydrogen) atoms. The van der Waals surface area contributed by atoms with Gasteiger partial charge in [0, 0.05) is 25.8 Å². The van der Waals surface area contributed by atoms with Gasteiger partial charge in [-0.25, -0.2) is 0 Å². The van der Waals surface area contributed by atoms with Crippen LogP contribution in [0.15, 0.2) is 23.1 Å². The third-order valence-electron chi connectivity index (χ3n) is 4.57. The van der Waals surface area contributed by atoms with E-state index < -0.39 is 5.54 Å². The first-order valence-electron chi connectivity index (χ1n) is 8.79. The Bertz CT molecular complexity index is 838. The van der Waals surface area contributed by atoms with Gasteiger partial charge in [0.15, 0.2) is 0 Å². The van der Waals surface area contributed by atoms with Gasteiger partial charge < -0.3 is 15.0 Å². The highest BCUT2D eigenvalue weighted by Gasteiger charge is 2.33. The number of morpholine rings is 1. The van der Waals surface area contributed by atoms with Gasteiger partial charge in [-0.05, 0) is 36.7 Å². The summed E-state index contributed by atoms with van der Waals surface area (Å²) in [7, 11) is 0. The molecule has 3 rings (SSSR count). The minimum atomic E-state index is -0.945. The summed E-state index contributed by atoms with van der Waals surface area (Å²) in [6.45, 7) is 8.01. The van der Waals surface area contributed by atoms with E-state index in [1.54, 1.807) is 40.5 Å². The molecule has 1 N–H and O–H groups in total. The highest BCUT2D eigenvalue weighted by atomic mass is 79.9. The third kappa shape index (κ3) is 3.91. The number of amides is 2. The molecule has 0 saturated carbocycles. The first-order chi connectivity index (χ1) is 12.8. The van der Waals surface area contributed by atoms with E-state index in [0.29, 0.717) is 44.2 Å².